The van der Waals surface area contributed by atoms with Gasteiger partial charge in [0, 0.05) is 18.1 Å². The maximum Gasteiger partial charge on any atom is 0.230 e. The van der Waals surface area contributed by atoms with E-state index in [0.29, 0.717) is 23.9 Å². The second-order valence-electron chi connectivity index (χ2n) is 6.11. The van der Waals surface area contributed by atoms with Gasteiger partial charge in [0.05, 0.1) is 5.75 Å². The van der Waals surface area contributed by atoms with E-state index in [1.54, 1.807) is 11.8 Å². The third-order valence-corrected chi connectivity index (χ3v) is 4.90. The minimum Gasteiger partial charge on any atom is -0.353 e. The molecule has 0 aromatic carbocycles. The minimum atomic E-state index is 0.232. The van der Waals surface area contributed by atoms with Crippen LogP contribution in [0.15, 0.2) is 0 Å². The molecule has 18 heavy (non-hydrogen) atoms. The van der Waals surface area contributed by atoms with E-state index in [-0.39, 0.29) is 5.91 Å². The van der Waals surface area contributed by atoms with E-state index in [1.807, 2.05) is 0 Å². The highest BCUT2D eigenvalue weighted by Crippen LogP contribution is 2.26. The van der Waals surface area contributed by atoms with Gasteiger partial charge in [0.2, 0.25) is 5.91 Å². The zero-order valence-corrected chi connectivity index (χ0v) is 12.4. The van der Waals surface area contributed by atoms with E-state index >= 15 is 0 Å². The van der Waals surface area contributed by atoms with Gasteiger partial charge in [-0.05, 0) is 43.8 Å². The highest BCUT2D eigenvalue weighted by molar-refractivity contribution is 7.99. The first kappa shape index (κ1) is 14.2. The van der Waals surface area contributed by atoms with Crippen molar-refractivity contribution < 1.29 is 4.79 Å². The second-order valence-corrected chi connectivity index (χ2v) is 7.21. The van der Waals surface area contributed by atoms with Crippen LogP contribution in [0, 0.1) is 5.92 Å². The molecular formula is C14H26N2OS. The van der Waals surface area contributed by atoms with Gasteiger partial charge < -0.3 is 10.6 Å². The SMILES string of the molecule is CC(C)CCSCC(=O)NC1CC2CCC(C1)N2. The van der Waals surface area contributed by atoms with Gasteiger partial charge in [-0.3, -0.25) is 4.79 Å². The molecule has 0 radical (unpaired) electrons. The summed E-state index contributed by atoms with van der Waals surface area (Å²) in [6, 6.07) is 1.73. The van der Waals surface area contributed by atoms with Crippen LogP contribution in [0.3, 0.4) is 0 Å². The minimum absolute atomic E-state index is 0.232. The van der Waals surface area contributed by atoms with E-state index < -0.39 is 0 Å². The molecule has 2 bridgehead atoms. The third kappa shape index (κ3) is 4.47. The summed E-state index contributed by atoms with van der Waals surface area (Å²) in [5.74, 6) is 2.70. The van der Waals surface area contributed by atoms with Gasteiger partial charge in [-0.25, -0.2) is 0 Å². The molecule has 2 saturated heterocycles. The number of thioether (sulfide) groups is 1. The second kappa shape index (κ2) is 6.80. The van der Waals surface area contributed by atoms with Crippen LogP contribution >= 0.6 is 11.8 Å². The molecule has 4 heteroatoms. The number of hydrogen-bond donors (Lipinski definition) is 2. The van der Waals surface area contributed by atoms with E-state index in [1.165, 1.54) is 19.3 Å². The number of carbonyl (C=O) groups is 1. The van der Waals surface area contributed by atoms with Gasteiger partial charge in [-0.1, -0.05) is 13.8 Å². The summed E-state index contributed by atoms with van der Waals surface area (Å²) in [6.45, 7) is 4.46. The molecule has 104 valence electrons. The van der Waals surface area contributed by atoms with Crippen LogP contribution in [0.1, 0.15) is 46.0 Å². The maximum absolute atomic E-state index is 11.8. The Hall–Kier alpha value is -0.220. The number of hydrogen-bond acceptors (Lipinski definition) is 3. The third-order valence-electron chi connectivity index (χ3n) is 3.91. The van der Waals surface area contributed by atoms with E-state index in [9.17, 15) is 4.79 Å². The van der Waals surface area contributed by atoms with Gasteiger partial charge >= 0.3 is 0 Å². The van der Waals surface area contributed by atoms with Crippen molar-refractivity contribution in [3.63, 3.8) is 0 Å². The van der Waals surface area contributed by atoms with Crippen molar-refractivity contribution in [2.45, 2.75) is 64.1 Å². The van der Waals surface area contributed by atoms with Gasteiger partial charge in [0.25, 0.3) is 0 Å². The molecule has 2 heterocycles. The van der Waals surface area contributed by atoms with Crippen LogP contribution in [0.2, 0.25) is 0 Å². The molecule has 0 spiro atoms. The molecule has 0 aliphatic carbocycles. The zero-order chi connectivity index (χ0) is 13.0. The number of carbonyl (C=O) groups excluding carboxylic acids is 1. The Morgan fingerprint density at radius 1 is 1.33 bits per heavy atom. The average Bonchev–Trinajstić information content (AvgIpc) is 2.64. The van der Waals surface area contributed by atoms with Crippen LogP contribution in [0.25, 0.3) is 0 Å². The Kier molecular flexibility index (Phi) is 5.37. The fraction of sp³-hybridized carbons (Fsp3) is 0.929. The van der Waals surface area contributed by atoms with E-state index in [4.69, 9.17) is 0 Å². The Labute approximate surface area is 115 Å². The van der Waals surface area contributed by atoms with Crippen LogP contribution in [-0.4, -0.2) is 35.5 Å². The van der Waals surface area contributed by atoms with Gasteiger partial charge in [0.1, 0.15) is 0 Å². The molecule has 1 amide bonds. The normalized spacial score (nSPS) is 30.7. The summed E-state index contributed by atoms with van der Waals surface area (Å²) in [6.07, 6.45) is 6.04. The van der Waals surface area contributed by atoms with Crippen molar-refractivity contribution in [2.75, 3.05) is 11.5 Å². The number of piperidine rings is 1. The van der Waals surface area contributed by atoms with Gasteiger partial charge in [-0.15, -0.1) is 0 Å². The number of rotatable bonds is 6. The molecule has 0 saturated carbocycles. The number of fused-ring (bicyclic) bond motifs is 2. The number of amides is 1. The van der Waals surface area contributed by atoms with Crippen molar-refractivity contribution in [3.05, 3.63) is 0 Å². The first-order valence-corrected chi connectivity index (χ1v) is 8.42. The molecule has 2 unspecified atom stereocenters. The fourth-order valence-electron chi connectivity index (χ4n) is 2.93. The van der Waals surface area contributed by atoms with Crippen molar-refractivity contribution in [2.24, 2.45) is 5.92 Å². The highest BCUT2D eigenvalue weighted by atomic mass is 32.2. The summed E-state index contributed by atoms with van der Waals surface area (Å²) >= 11 is 1.77. The van der Waals surface area contributed by atoms with Gasteiger partial charge in [-0.2, -0.15) is 11.8 Å². The Bertz CT molecular complexity index is 271. The predicted molar refractivity (Wildman–Crippen MR) is 77.9 cm³/mol. The Morgan fingerprint density at radius 2 is 2.00 bits per heavy atom. The Morgan fingerprint density at radius 3 is 2.61 bits per heavy atom. The standard InChI is InChI=1S/C14H26N2OS/c1-10(2)5-6-18-9-14(17)16-13-7-11-3-4-12(8-13)15-11/h10-13,15H,3-9H2,1-2H3,(H,16,17). The van der Waals surface area contributed by atoms with Crippen molar-refractivity contribution in [1.82, 2.24) is 10.6 Å². The molecule has 2 aliphatic rings. The monoisotopic (exact) mass is 270 g/mol. The molecule has 3 nitrogen and oxygen atoms in total. The molecule has 2 atom stereocenters. The van der Waals surface area contributed by atoms with Crippen LogP contribution < -0.4 is 10.6 Å². The lowest BCUT2D eigenvalue weighted by atomic mass is 10.00. The molecule has 2 N–H and O–H groups in total. The first-order valence-electron chi connectivity index (χ1n) is 7.26. The summed E-state index contributed by atoms with van der Waals surface area (Å²) in [4.78, 5) is 11.8. The van der Waals surface area contributed by atoms with Crippen molar-refractivity contribution >= 4 is 17.7 Å². The number of nitrogens with one attached hydrogen (secondary N) is 2. The van der Waals surface area contributed by atoms with E-state index in [2.05, 4.69) is 24.5 Å². The average molecular weight is 270 g/mol. The summed E-state index contributed by atoms with van der Waals surface area (Å²) < 4.78 is 0. The lowest BCUT2D eigenvalue weighted by Gasteiger charge is -2.29. The largest absolute Gasteiger partial charge is 0.353 e. The van der Waals surface area contributed by atoms with Crippen molar-refractivity contribution in [3.8, 4) is 0 Å². The molecule has 2 aliphatic heterocycles. The quantitative estimate of drug-likeness (QED) is 0.727. The molecule has 0 aromatic rings. The summed E-state index contributed by atoms with van der Waals surface area (Å²) in [7, 11) is 0. The van der Waals surface area contributed by atoms with E-state index in [0.717, 1.165) is 24.5 Å². The first-order chi connectivity index (χ1) is 8.63. The molecule has 2 fully saturated rings. The fourth-order valence-corrected chi connectivity index (χ4v) is 3.98. The summed E-state index contributed by atoms with van der Waals surface area (Å²) in [5.41, 5.74) is 0. The Balaban J connectivity index is 1.59. The van der Waals surface area contributed by atoms with Crippen LogP contribution in [0.4, 0.5) is 0 Å². The highest BCUT2D eigenvalue weighted by Gasteiger charge is 2.33. The predicted octanol–water partition coefficient (Wildman–Crippen LogP) is 2.16. The molecule has 0 aromatic heterocycles. The van der Waals surface area contributed by atoms with Crippen LogP contribution in [0.5, 0.6) is 0 Å². The van der Waals surface area contributed by atoms with Crippen LogP contribution in [-0.2, 0) is 4.79 Å². The lowest BCUT2D eigenvalue weighted by molar-refractivity contribution is -0.119. The molecule has 2 rings (SSSR count). The smallest absolute Gasteiger partial charge is 0.230 e. The zero-order valence-electron chi connectivity index (χ0n) is 11.6. The van der Waals surface area contributed by atoms with Gasteiger partial charge in [0.15, 0.2) is 0 Å². The maximum atomic E-state index is 11.8. The summed E-state index contributed by atoms with van der Waals surface area (Å²) in [5, 5.41) is 6.81. The molecular weight excluding hydrogens is 244 g/mol. The van der Waals surface area contributed by atoms with Crippen molar-refractivity contribution in [1.29, 1.82) is 0 Å². The lowest BCUT2D eigenvalue weighted by Crippen LogP contribution is -2.48. The topological polar surface area (TPSA) is 41.1 Å².